The van der Waals surface area contributed by atoms with Crippen molar-refractivity contribution in [3.05, 3.63) is 168 Å². The van der Waals surface area contributed by atoms with E-state index in [1.807, 2.05) is 91.0 Å². The summed E-state index contributed by atoms with van der Waals surface area (Å²) in [7, 11) is 0. The molecule has 0 spiro atoms. The zero-order valence-corrected chi connectivity index (χ0v) is 26.3. The Morgan fingerprint density at radius 3 is 1.89 bits per heavy atom. The lowest BCUT2D eigenvalue weighted by atomic mass is 9.81. The van der Waals surface area contributed by atoms with Crippen molar-refractivity contribution in [2.24, 2.45) is 0 Å². The van der Waals surface area contributed by atoms with Gasteiger partial charge in [-0.2, -0.15) is 4.58 Å². The van der Waals surface area contributed by atoms with Gasteiger partial charge < -0.3 is 9.69 Å². The zero-order chi connectivity index (χ0) is 31.6. The van der Waals surface area contributed by atoms with Crippen molar-refractivity contribution in [2.45, 2.75) is 50.6 Å². The van der Waals surface area contributed by atoms with E-state index in [4.69, 9.17) is 0 Å². The molecule has 6 rings (SSSR count). The van der Waals surface area contributed by atoms with Crippen LogP contribution >= 0.6 is 0 Å². The highest BCUT2D eigenvalue weighted by molar-refractivity contribution is 6.03. The van der Waals surface area contributed by atoms with E-state index >= 15 is 0 Å². The summed E-state index contributed by atoms with van der Waals surface area (Å²) >= 11 is 0. The molecule has 0 saturated heterocycles. The van der Waals surface area contributed by atoms with Crippen LogP contribution in [0.15, 0.2) is 145 Å². The molecule has 0 N–H and O–H groups in total. The molecule has 224 valence electrons. The van der Waals surface area contributed by atoms with E-state index < -0.39 is 12.1 Å². The second-order valence-electron chi connectivity index (χ2n) is 12.7. The molecule has 0 amide bonds. The van der Waals surface area contributed by atoms with E-state index in [9.17, 15) is 9.59 Å². The number of hydrogen-bond donors (Lipinski definition) is 0. The second-order valence-corrected chi connectivity index (χ2v) is 12.7. The third-order valence-electron chi connectivity index (χ3n) is 9.30. The fourth-order valence-electron chi connectivity index (χ4n) is 6.97. The van der Waals surface area contributed by atoms with E-state index in [0.717, 1.165) is 46.5 Å². The Bertz CT molecular complexity index is 1840. The first-order valence-electron chi connectivity index (χ1n) is 15.5. The Balaban J connectivity index is 1.39. The van der Waals surface area contributed by atoms with Gasteiger partial charge in [0.2, 0.25) is 11.7 Å². The average molecular weight is 592 g/mol. The van der Waals surface area contributed by atoms with Crippen LogP contribution in [-0.4, -0.2) is 22.9 Å². The monoisotopic (exact) mass is 591 g/mol. The minimum atomic E-state index is -0.440. The number of aldehydes is 2. The second kappa shape index (κ2) is 12.1. The largest absolute Gasteiger partial charge is 0.330 e. The van der Waals surface area contributed by atoms with Crippen molar-refractivity contribution in [3.8, 4) is 0 Å². The standard InChI is InChI=1S/C41H39N2O2/c1-40(2)32-22-14-16-24-34(32)42(36(28-44)30-18-8-5-9-19-30)38(40)26-12-7-13-27-39-41(3,4)33-23-15-17-25-35(33)43(39)37(29-45)31-20-10-6-11-21-31/h5-29,36-37H,1-4H3/q+1. The number of benzene rings is 4. The van der Waals surface area contributed by atoms with E-state index in [-0.39, 0.29) is 10.8 Å². The Morgan fingerprint density at radius 1 is 0.622 bits per heavy atom. The van der Waals surface area contributed by atoms with Crippen LogP contribution in [0.1, 0.15) is 62.0 Å². The van der Waals surface area contributed by atoms with E-state index in [2.05, 4.69) is 85.7 Å². The van der Waals surface area contributed by atoms with Crippen molar-refractivity contribution in [2.75, 3.05) is 4.90 Å². The summed E-state index contributed by atoms with van der Waals surface area (Å²) in [6.07, 6.45) is 12.4. The fraction of sp³-hybridized carbons (Fsp3) is 0.195. The Hall–Kier alpha value is -5.09. The SMILES string of the molecule is CC1(C)C(/C=C/C=C/C=C2/N(C(C=O)c3ccccc3)c3ccccc3C2(C)C)=[N+](C(C=O)c2ccccc2)c2ccccc21. The fourth-order valence-corrected chi connectivity index (χ4v) is 6.97. The molecule has 4 heteroatoms. The average Bonchev–Trinajstić information content (AvgIpc) is 3.42. The van der Waals surface area contributed by atoms with Crippen molar-refractivity contribution in [3.63, 3.8) is 0 Å². The summed E-state index contributed by atoms with van der Waals surface area (Å²) in [5, 5.41) is 0. The molecule has 0 radical (unpaired) electrons. The first-order valence-corrected chi connectivity index (χ1v) is 15.5. The van der Waals surface area contributed by atoms with E-state index in [0.29, 0.717) is 0 Å². The minimum absolute atomic E-state index is 0.297. The minimum Gasteiger partial charge on any atom is -0.330 e. The maximum atomic E-state index is 12.6. The van der Waals surface area contributed by atoms with Crippen LogP contribution in [0.25, 0.3) is 0 Å². The van der Waals surface area contributed by atoms with Crippen LogP contribution in [0.5, 0.6) is 0 Å². The molecule has 0 saturated carbocycles. The highest BCUT2D eigenvalue weighted by Crippen LogP contribution is 2.50. The summed E-state index contributed by atoms with van der Waals surface area (Å²) in [4.78, 5) is 27.4. The van der Waals surface area contributed by atoms with Crippen LogP contribution in [0.2, 0.25) is 0 Å². The van der Waals surface area contributed by atoms with Gasteiger partial charge in [-0.05, 0) is 37.1 Å². The molecule has 2 aliphatic heterocycles. The van der Waals surface area contributed by atoms with Gasteiger partial charge in [0.1, 0.15) is 12.3 Å². The molecular formula is C41H39N2O2+. The zero-order valence-electron chi connectivity index (χ0n) is 26.3. The molecule has 0 aliphatic carbocycles. The smallest absolute Gasteiger partial charge is 0.239 e. The molecule has 4 aromatic rings. The van der Waals surface area contributed by atoms with Gasteiger partial charge in [-0.25, -0.2) is 0 Å². The Morgan fingerprint density at radius 2 is 1.22 bits per heavy atom. The van der Waals surface area contributed by atoms with Crippen LogP contribution < -0.4 is 4.90 Å². The molecule has 2 atom stereocenters. The number of carbonyl (C=O) groups is 2. The van der Waals surface area contributed by atoms with Gasteiger partial charge in [-0.1, -0.05) is 129 Å². The van der Waals surface area contributed by atoms with Crippen LogP contribution in [0.4, 0.5) is 11.4 Å². The predicted molar refractivity (Wildman–Crippen MR) is 183 cm³/mol. The van der Waals surface area contributed by atoms with Gasteiger partial charge in [0.25, 0.3) is 0 Å². The molecule has 0 bridgehead atoms. The number of allylic oxidation sites excluding steroid dienone is 6. The number of hydrogen-bond acceptors (Lipinski definition) is 3. The first-order chi connectivity index (χ1) is 21.8. The summed E-state index contributed by atoms with van der Waals surface area (Å²) in [6, 6.07) is 35.7. The maximum absolute atomic E-state index is 12.6. The molecule has 0 aromatic heterocycles. The molecule has 2 unspecified atom stereocenters. The maximum Gasteiger partial charge on any atom is 0.239 e. The van der Waals surface area contributed by atoms with Gasteiger partial charge >= 0.3 is 0 Å². The number of nitrogens with zero attached hydrogens (tertiary/aromatic N) is 2. The highest BCUT2D eigenvalue weighted by atomic mass is 16.1. The van der Waals surface area contributed by atoms with Crippen LogP contribution in [-0.2, 0) is 20.4 Å². The van der Waals surface area contributed by atoms with Gasteiger partial charge in [-0.3, -0.25) is 4.79 Å². The Kier molecular flexibility index (Phi) is 8.07. The van der Waals surface area contributed by atoms with Gasteiger partial charge in [0.05, 0.1) is 5.41 Å². The number of fused-ring (bicyclic) bond motifs is 2. The molecule has 2 heterocycles. The summed E-state index contributed by atoms with van der Waals surface area (Å²) in [5.74, 6) is 0. The topological polar surface area (TPSA) is 40.4 Å². The van der Waals surface area contributed by atoms with Gasteiger partial charge in [0.15, 0.2) is 12.0 Å². The lowest BCUT2D eigenvalue weighted by Crippen LogP contribution is -2.31. The number of rotatable bonds is 9. The summed E-state index contributed by atoms with van der Waals surface area (Å²) in [6.45, 7) is 8.85. The highest BCUT2D eigenvalue weighted by Gasteiger charge is 2.47. The third kappa shape index (κ3) is 5.21. The van der Waals surface area contributed by atoms with Gasteiger partial charge in [-0.15, -0.1) is 0 Å². The molecule has 4 aromatic carbocycles. The van der Waals surface area contributed by atoms with E-state index in [1.165, 1.54) is 11.1 Å². The lowest BCUT2D eigenvalue weighted by molar-refractivity contribution is -0.470. The molecule has 0 fully saturated rings. The van der Waals surface area contributed by atoms with Crippen molar-refractivity contribution < 1.29 is 14.2 Å². The normalized spacial score (nSPS) is 18.8. The quantitative estimate of drug-likeness (QED) is 0.111. The van der Waals surface area contributed by atoms with Gasteiger partial charge in [0, 0.05) is 40.1 Å². The van der Waals surface area contributed by atoms with Crippen LogP contribution in [0.3, 0.4) is 0 Å². The first kappa shape index (κ1) is 30.0. The molecule has 45 heavy (non-hydrogen) atoms. The lowest BCUT2D eigenvalue weighted by Gasteiger charge is -2.31. The number of para-hydroxylation sites is 2. The van der Waals surface area contributed by atoms with Crippen molar-refractivity contribution >= 4 is 29.7 Å². The third-order valence-corrected chi connectivity index (χ3v) is 9.30. The summed E-state index contributed by atoms with van der Waals surface area (Å²) < 4.78 is 2.17. The van der Waals surface area contributed by atoms with E-state index in [1.54, 1.807) is 0 Å². The summed E-state index contributed by atoms with van der Waals surface area (Å²) in [5.41, 5.74) is 7.93. The van der Waals surface area contributed by atoms with Crippen molar-refractivity contribution in [1.82, 2.24) is 0 Å². The molecule has 2 aliphatic rings. The predicted octanol–water partition coefficient (Wildman–Crippen LogP) is 8.74. The van der Waals surface area contributed by atoms with Crippen molar-refractivity contribution in [1.29, 1.82) is 0 Å². The molecule has 4 nitrogen and oxygen atoms in total. The number of carbonyl (C=O) groups excluding carboxylic acids is 2. The molecular weight excluding hydrogens is 552 g/mol. The van der Waals surface area contributed by atoms with Crippen LogP contribution in [0, 0.1) is 0 Å². The number of anilines is 1. The Labute approximate surface area is 266 Å².